The standard InChI is InChI=1S/C18H28N2OS/c1-14-8-6-11-17(15(14)2)20-18(22)19-12-7-13-21-16-9-4-3-5-10-16/h6,8,11,16H,3-5,7,9-10,12-13H2,1-2H3,(H2,19,20,22). The normalized spacial score (nSPS) is 15.5. The van der Waals surface area contributed by atoms with Crippen molar-refractivity contribution in [2.24, 2.45) is 0 Å². The van der Waals surface area contributed by atoms with E-state index in [1.807, 2.05) is 6.07 Å². The van der Waals surface area contributed by atoms with Gasteiger partial charge in [-0.05, 0) is 62.5 Å². The predicted octanol–water partition coefficient (Wildman–Crippen LogP) is 4.33. The molecule has 1 saturated carbocycles. The fraction of sp³-hybridized carbons (Fsp3) is 0.611. The Bertz CT molecular complexity index is 484. The molecule has 0 aromatic heterocycles. The van der Waals surface area contributed by atoms with E-state index < -0.39 is 0 Å². The molecule has 1 fully saturated rings. The van der Waals surface area contributed by atoms with E-state index >= 15 is 0 Å². The van der Waals surface area contributed by atoms with Gasteiger partial charge in [-0.3, -0.25) is 0 Å². The summed E-state index contributed by atoms with van der Waals surface area (Å²) < 4.78 is 5.91. The van der Waals surface area contributed by atoms with Crippen molar-refractivity contribution in [2.75, 3.05) is 18.5 Å². The summed E-state index contributed by atoms with van der Waals surface area (Å²) in [7, 11) is 0. The van der Waals surface area contributed by atoms with E-state index in [1.165, 1.54) is 43.2 Å². The van der Waals surface area contributed by atoms with Gasteiger partial charge in [0.15, 0.2) is 5.11 Å². The fourth-order valence-corrected chi connectivity index (χ4v) is 3.02. The number of aryl methyl sites for hydroxylation is 1. The SMILES string of the molecule is Cc1cccc(NC(=S)NCCCOC2CCCCC2)c1C. The van der Waals surface area contributed by atoms with Crippen LogP contribution in [0.4, 0.5) is 5.69 Å². The predicted molar refractivity (Wildman–Crippen MR) is 97.6 cm³/mol. The Morgan fingerprint density at radius 3 is 2.77 bits per heavy atom. The molecule has 0 bridgehead atoms. The van der Waals surface area contributed by atoms with Crippen LogP contribution in [0.3, 0.4) is 0 Å². The first-order valence-corrected chi connectivity index (χ1v) is 8.80. The molecule has 1 aromatic rings. The van der Waals surface area contributed by atoms with E-state index in [9.17, 15) is 0 Å². The van der Waals surface area contributed by atoms with Crippen molar-refractivity contribution in [3.05, 3.63) is 29.3 Å². The van der Waals surface area contributed by atoms with Gasteiger partial charge in [-0.25, -0.2) is 0 Å². The number of ether oxygens (including phenoxy) is 1. The molecular weight excluding hydrogens is 292 g/mol. The second kappa shape index (κ2) is 9.11. The molecule has 0 radical (unpaired) electrons. The summed E-state index contributed by atoms with van der Waals surface area (Å²) in [5.74, 6) is 0. The van der Waals surface area contributed by atoms with Crippen LogP contribution in [0.1, 0.15) is 49.7 Å². The minimum absolute atomic E-state index is 0.494. The Hall–Kier alpha value is -1.13. The van der Waals surface area contributed by atoms with Gasteiger partial charge in [-0.2, -0.15) is 0 Å². The van der Waals surface area contributed by atoms with E-state index in [-0.39, 0.29) is 0 Å². The molecule has 0 heterocycles. The Kier molecular flexibility index (Phi) is 7.13. The van der Waals surface area contributed by atoms with Gasteiger partial charge < -0.3 is 15.4 Å². The van der Waals surface area contributed by atoms with Crippen LogP contribution in [-0.4, -0.2) is 24.4 Å². The highest BCUT2D eigenvalue weighted by Gasteiger charge is 2.12. The number of anilines is 1. The van der Waals surface area contributed by atoms with Crippen LogP contribution < -0.4 is 10.6 Å². The molecule has 0 amide bonds. The quantitative estimate of drug-likeness (QED) is 0.604. The zero-order valence-corrected chi connectivity index (χ0v) is 14.6. The van der Waals surface area contributed by atoms with Crippen molar-refractivity contribution in [3.63, 3.8) is 0 Å². The molecule has 2 rings (SSSR count). The summed E-state index contributed by atoms with van der Waals surface area (Å²) in [6.07, 6.45) is 7.98. The van der Waals surface area contributed by atoms with Gasteiger partial charge in [0, 0.05) is 18.8 Å². The lowest BCUT2D eigenvalue weighted by atomic mass is 9.98. The molecular formula is C18H28N2OS. The van der Waals surface area contributed by atoms with Crippen molar-refractivity contribution >= 4 is 23.0 Å². The molecule has 4 heteroatoms. The van der Waals surface area contributed by atoms with Gasteiger partial charge in [0.1, 0.15) is 0 Å². The number of hydrogen-bond donors (Lipinski definition) is 2. The minimum atomic E-state index is 0.494. The van der Waals surface area contributed by atoms with Gasteiger partial charge in [-0.1, -0.05) is 31.4 Å². The Morgan fingerprint density at radius 2 is 2.00 bits per heavy atom. The van der Waals surface area contributed by atoms with E-state index in [2.05, 4.69) is 36.6 Å². The largest absolute Gasteiger partial charge is 0.378 e. The zero-order chi connectivity index (χ0) is 15.8. The molecule has 0 aliphatic heterocycles. The number of hydrogen-bond acceptors (Lipinski definition) is 2. The van der Waals surface area contributed by atoms with Gasteiger partial charge in [0.25, 0.3) is 0 Å². The van der Waals surface area contributed by atoms with Crippen LogP contribution >= 0.6 is 12.2 Å². The van der Waals surface area contributed by atoms with Gasteiger partial charge in [0.2, 0.25) is 0 Å². The molecule has 1 aliphatic rings. The molecule has 22 heavy (non-hydrogen) atoms. The first-order valence-electron chi connectivity index (χ1n) is 8.39. The monoisotopic (exact) mass is 320 g/mol. The molecule has 0 atom stereocenters. The maximum atomic E-state index is 5.91. The topological polar surface area (TPSA) is 33.3 Å². The molecule has 2 N–H and O–H groups in total. The Morgan fingerprint density at radius 1 is 1.23 bits per heavy atom. The first kappa shape index (κ1) is 17.2. The van der Waals surface area contributed by atoms with Crippen molar-refractivity contribution in [1.82, 2.24) is 5.32 Å². The maximum Gasteiger partial charge on any atom is 0.170 e. The average molecular weight is 321 g/mol. The van der Waals surface area contributed by atoms with E-state index in [0.29, 0.717) is 11.2 Å². The van der Waals surface area contributed by atoms with Crippen LogP contribution in [0, 0.1) is 13.8 Å². The fourth-order valence-electron chi connectivity index (χ4n) is 2.81. The zero-order valence-electron chi connectivity index (χ0n) is 13.8. The summed E-state index contributed by atoms with van der Waals surface area (Å²) in [5.41, 5.74) is 3.59. The molecule has 0 spiro atoms. The number of benzene rings is 1. The van der Waals surface area contributed by atoms with E-state index in [1.54, 1.807) is 0 Å². The van der Waals surface area contributed by atoms with Crippen molar-refractivity contribution in [3.8, 4) is 0 Å². The first-order chi connectivity index (χ1) is 10.7. The van der Waals surface area contributed by atoms with Crippen LogP contribution in [0.15, 0.2) is 18.2 Å². The van der Waals surface area contributed by atoms with Crippen molar-refractivity contribution < 1.29 is 4.74 Å². The molecule has 3 nitrogen and oxygen atoms in total. The van der Waals surface area contributed by atoms with Crippen LogP contribution in [0.5, 0.6) is 0 Å². The lowest BCUT2D eigenvalue weighted by Crippen LogP contribution is -2.30. The van der Waals surface area contributed by atoms with Gasteiger partial charge in [0.05, 0.1) is 6.10 Å². The third-order valence-electron chi connectivity index (χ3n) is 4.37. The average Bonchev–Trinajstić information content (AvgIpc) is 2.52. The van der Waals surface area contributed by atoms with E-state index in [4.69, 9.17) is 17.0 Å². The highest BCUT2D eigenvalue weighted by molar-refractivity contribution is 7.80. The Balaban J connectivity index is 1.60. The summed E-state index contributed by atoms with van der Waals surface area (Å²) >= 11 is 5.35. The smallest absolute Gasteiger partial charge is 0.170 e. The highest BCUT2D eigenvalue weighted by Crippen LogP contribution is 2.20. The van der Waals surface area contributed by atoms with E-state index in [0.717, 1.165) is 25.3 Å². The summed E-state index contributed by atoms with van der Waals surface area (Å²) in [6, 6.07) is 6.22. The lowest BCUT2D eigenvalue weighted by molar-refractivity contribution is 0.0277. The van der Waals surface area contributed by atoms with Crippen molar-refractivity contribution in [2.45, 2.75) is 58.5 Å². The second-order valence-electron chi connectivity index (χ2n) is 6.11. The molecule has 1 aromatic carbocycles. The number of thiocarbonyl (C=S) groups is 1. The summed E-state index contributed by atoms with van der Waals surface area (Å²) in [4.78, 5) is 0. The third-order valence-corrected chi connectivity index (χ3v) is 4.61. The number of rotatable bonds is 6. The lowest BCUT2D eigenvalue weighted by Gasteiger charge is -2.22. The third kappa shape index (κ3) is 5.58. The van der Waals surface area contributed by atoms with Crippen molar-refractivity contribution in [1.29, 1.82) is 0 Å². The van der Waals surface area contributed by atoms with Crippen LogP contribution in [0.2, 0.25) is 0 Å². The highest BCUT2D eigenvalue weighted by atomic mass is 32.1. The van der Waals surface area contributed by atoms with Crippen LogP contribution in [0.25, 0.3) is 0 Å². The maximum absolute atomic E-state index is 5.91. The molecule has 0 saturated heterocycles. The molecule has 1 aliphatic carbocycles. The molecule has 122 valence electrons. The summed E-state index contributed by atoms with van der Waals surface area (Å²) in [6.45, 7) is 5.89. The summed E-state index contributed by atoms with van der Waals surface area (Å²) in [5, 5.41) is 7.21. The van der Waals surface area contributed by atoms with Gasteiger partial charge >= 0.3 is 0 Å². The Labute approximate surface area is 139 Å². The minimum Gasteiger partial charge on any atom is -0.378 e. The molecule has 0 unspecified atom stereocenters. The van der Waals surface area contributed by atoms with Gasteiger partial charge in [-0.15, -0.1) is 0 Å². The second-order valence-corrected chi connectivity index (χ2v) is 6.52. The van der Waals surface area contributed by atoms with Crippen LogP contribution in [-0.2, 0) is 4.74 Å². The number of nitrogens with one attached hydrogen (secondary N) is 2.